The molecule has 5 atom stereocenters. The fourth-order valence-corrected chi connectivity index (χ4v) is 6.82. The Kier molecular flexibility index (Phi) is 3.79. The average molecular weight is 437 g/mol. The molecular formula is C24H23ClN3O3+. The van der Waals surface area contributed by atoms with Gasteiger partial charge in [0, 0.05) is 23.4 Å². The second-order valence-corrected chi connectivity index (χ2v) is 9.64. The van der Waals surface area contributed by atoms with Crippen molar-refractivity contribution in [1.29, 1.82) is 0 Å². The minimum Gasteiger partial charge on any atom is -0.320 e. The lowest BCUT2D eigenvalue weighted by Gasteiger charge is -2.33. The molecule has 0 saturated carbocycles. The van der Waals surface area contributed by atoms with Crippen molar-refractivity contribution in [2.24, 2.45) is 11.8 Å². The van der Waals surface area contributed by atoms with Crippen molar-refractivity contribution < 1.29 is 19.3 Å². The van der Waals surface area contributed by atoms with Gasteiger partial charge < -0.3 is 10.2 Å². The van der Waals surface area contributed by atoms with E-state index >= 15 is 0 Å². The van der Waals surface area contributed by atoms with Gasteiger partial charge in [-0.15, -0.1) is 0 Å². The molecule has 0 bridgehead atoms. The minimum atomic E-state index is -1.05. The zero-order valence-corrected chi connectivity index (χ0v) is 18.1. The second-order valence-electron chi connectivity index (χ2n) is 9.23. The van der Waals surface area contributed by atoms with Crippen LogP contribution in [0.1, 0.15) is 29.5 Å². The van der Waals surface area contributed by atoms with Crippen molar-refractivity contribution in [2.45, 2.75) is 38.3 Å². The molecule has 7 heteroatoms. The summed E-state index contributed by atoms with van der Waals surface area (Å²) in [5, 5.41) is 3.54. The number of fused-ring (bicyclic) bond motifs is 7. The largest absolute Gasteiger partial charge is 0.320 e. The molecule has 0 aromatic heterocycles. The molecule has 158 valence electrons. The van der Waals surface area contributed by atoms with E-state index in [1.54, 1.807) is 18.2 Å². The van der Waals surface area contributed by atoms with Crippen LogP contribution >= 0.6 is 11.6 Å². The molecular weight excluding hydrogens is 414 g/mol. The number of quaternary nitrogens is 1. The predicted octanol–water partition coefficient (Wildman–Crippen LogP) is 1.97. The Labute approximate surface area is 185 Å². The van der Waals surface area contributed by atoms with E-state index in [4.69, 9.17) is 11.6 Å². The monoisotopic (exact) mass is 436 g/mol. The number of imide groups is 1. The molecule has 0 radical (unpaired) electrons. The van der Waals surface area contributed by atoms with E-state index in [1.807, 2.05) is 32.0 Å². The number of rotatable bonds is 1. The highest BCUT2D eigenvalue weighted by Gasteiger charge is 2.78. The number of carbonyl (C=O) groups excluding carboxylic acids is 3. The first-order valence-electron chi connectivity index (χ1n) is 10.8. The van der Waals surface area contributed by atoms with E-state index in [0.717, 1.165) is 41.1 Å². The maximum Gasteiger partial charge on any atom is 0.291 e. The molecule has 3 fully saturated rings. The smallest absolute Gasteiger partial charge is 0.291 e. The molecule has 4 aliphatic heterocycles. The SMILES string of the molecule is Cc1ccc2c(c1)[C@@]1(C(=O)N2)[C@@H]2C(=O)N(c3cccc(Cl)c3C)C(=O)[C@@H]2[C@@H]2CCC[NH+]21. The van der Waals surface area contributed by atoms with Crippen LogP contribution in [0.25, 0.3) is 0 Å². The number of aryl methyl sites for hydroxylation is 1. The first-order valence-corrected chi connectivity index (χ1v) is 11.2. The maximum absolute atomic E-state index is 14.0. The highest BCUT2D eigenvalue weighted by molar-refractivity contribution is 6.32. The van der Waals surface area contributed by atoms with Gasteiger partial charge >= 0.3 is 0 Å². The fourth-order valence-electron chi connectivity index (χ4n) is 6.65. The summed E-state index contributed by atoms with van der Waals surface area (Å²) in [4.78, 5) is 43.7. The van der Waals surface area contributed by atoms with Crippen LogP contribution < -0.4 is 15.1 Å². The van der Waals surface area contributed by atoms with Gasteiger partial charge in [-0.2, -0.15) is 0 Å². The van der Waals surface area contributed by atoms with Gasteiger partial charge in [0.25, 0.3) is 5.91 Å². The third-order valence-electron chi connectivity index (χ3n) is 7.85. The van der Waals surface area contributed by atoms with Gasteiger partial charge in [-0.05, 0) is 43.7 Å². The Morgan fingerprint density at radius 3 is 2.74 bits per heavy atom. The van der Waals surface area contributed by atoms with E-state index in [-0.39, 0.29) is 23.8 Å². The number of carbonyl (C=O) groups is 3. The number of benzene rings is 2. The number of nitrogens with zero attached hydrogens (tertiary/aromatic N) is 1. The van der Waals surface area contributed by atoms with Crippen LogP contribution in [0.5, 0.6) is 0 Å². The quantitative estimate of drug-likeness (QED) is 0.671. The fraction of sp³-hybridized carbons (Fsp3) is 0.375. The molecule has 2 aromatic rings. The molecule has 6 nitrogen and oxygen atoms in total. The first kappa shape index (κ1) is 19.0. The molecule has 0 aliphatic carbocycles. The summed E-state index contributed by atoms with van der Waals surface area (Å²) in [5.41, 5.74) is 2.82. The summed E-state index contributed by atoms with van der Waals surface area (Å²) in [5.74, 6) is -1.85. The molecule has 31 heavy (non-hydrogen) atoms. The maximum atomic E-state index is 14.0. The van der Waals surface area contributed by atoms with Crippen LogP contribution in [0, 0.1) is 25.7 Å². The summed E-state index contributed by atoms with van der Waals surface area (Å²) in [7, 11) is 0. The Hall–Kier alpha value is -2.70. The Balaban J connectivity index is 1.58. The highest BCUT2D eigenvalue weighted by Crippen LogP contribution is 2.52. The van der Waals surface area contributed by atoms with Crippen LogP contribution in [0.4, 0.5) is 11.4 Å². The molecule has 2 N–H and O–H groups in total. The molecule has 6 rings (SSSR count). The second kappa shape index (κ2) is 6.17. The third-order valence-corrected chi connectivity index (χ3v) is 8.26. The lowest BCUT2D eigenvalue weighted by molar-refractivity contribution is -0.948. The third kappa shape index (κ3) is 2.14. The van der Waals surface area contributed by atoms with Crippen LogP contribution in [-0.4, -0.2) is 30.3 Å². The van der Waals surface area contributed by atoms with Crippen LogP contribution in [0.2, 0.25) is 5.02 Å². The Bertz CT molecular complexity index is 1190. The molecule has 3 amide bonds. The number of hydrogen-bond donors (Lipinski definition) is 2. The van der Waals surface area contributed by atoms with Crippen molar-refractivity contribution in [3.05, 3.63) is 58.1 Å². The van der Waals surface area contributed by atoms with Gasteiger partial charge in [0.05, 0.1) is 17.9 Å². The lowest BCUT2D eigenvalue weighted by Crippen LogP contribution is -3.19. The van der Waals surface area contributed by atoms with Gasteiger partial charge in [0.2, 0.25) is 17.4 Å². The van der Waals surface area contributed by atoms with Gasteiger partial charge in [-0.1, -0.05) is 29.3 Å². The van der Waals surface area contributed by atoms with Crippen molar-refractivity contribution in [2.75, 3.05) is 16.8 Å². The number of hydrogen-bond acceptors (Lipinski definition) is 3. The van der Waals surface area contributed by atoms with Crippen molar-refractivity contribution in [3.8, 4) is 0 Å². The van der Waals surface area contributed by atoms with Crippen molar-refractivity contribution in [1.82, 2.24) is 0 Å². The minimum absolute atomic E-state index is 0.0387. The van der Waals surface area contributed by atoms with Crippen LogP contribution in [0.15, 0.2) is 36.4 Å². The van der Waals surface area contributed by atoms with Crippen molar-refractivity contribution in [3.63, 3.8) is 0 Å². The van der Waals surface area contributed by atoms with E-state index in [1.165, 1.54) is 4.90 Å². The van der Waals surface area contributed by atoms with Crippen LogP contribution in [0.3, 0.4) is 0 Å². The predicted molar refractivity (Wildman–Crippen MR) is 116 cm³/mol. The highest BCUT2D eigenvalue weighted by atomic mass is 35.5. The Morgan fingerprint density at radius 2 is 1.94 bits per heavy atom. The number of halogens is 1. The number of anilines is 2. The van der Waals surface area contributed by atoms with Gasteiger partial charge in [-0.3, -0.25) is 14.4 Å². The summed E-state index contributed by atoms with van der Waals surface area (Å²) in [6.07, 6.45) is 1.78. The normalized spacial score (nSPS) is 33.1. The topological polar surface area (TPSA) is 70.9 Å². The molecule has 1 spiro atoms. The van der Waals surface area contributed by atoms with E-state index in [0.29, 0.717) is 16.3 Å². The van der Waals surface area contributed by atoms with E-state index in [9.17, 15) is 14.4 Å². The molecule has 1 unspecified atom stereocenters. The van der Waals surface area contributed by atoms with Crippen molar-refractivity contribution >= 4 is 40.7 Å². The number of amides is 3. The van der Waals surface area contributed by atoms with Gasteiger partial charge in [-0.25, -0.2) is 4.90 Å². The zero-order chi connectivity index (χ0) is 21.7. The molecule has 4 heterocycles. The molecule has 2 aromatic carbocycles. The molecule has 3 saturated heterocycles. The average Bonchev–Trinajstić information content (AvgIpc) is 3.43. The standard InChI is InChI=1S/C24H22ClN3O3/c1-12-8-9-16-14(11-12)24(23(31)26-16)20-19(18-7-4-10-27(18)24)21(29)28(22(20)30)17-6-3-5-15(25)13(17)2/h3,5-6,8-9,11,18-20H,4,7,10H2,1-2H3,(H,26,31)/p+1/t18-,19+,20-,24-/m0/s1. The van der Waals surface area contributed by atoms with Gasteiger partial charge in [0.1, 0.15) is 17.9 Å². The summed E-state index contributed by atoms with van der Waals surface area (Å²) < 4.78 is 0. The lowest BCUT2D eigenvalue weighted by atomic mass is 9.75. The number of nitrogens with one attached hydrogen (secondary N) is 2. The Morgan fingerprint density at radius 1 is 1.13 bits per heavy atom. The summed E-state index contributed by atoms with van der Waals surface area (Å²) in [6.45, 7) is 4.59. The van der Waals surface area contributed by atoms with E-state index in [2.05, 4.69) is 5.32 Å². The zero-order valence-electron chi connectivity index (χ0n) is 17.4. The first-order chi connectivity index (χ1) is 14.9. The summed E-state index contributed by atoms with van der Waals surface area (Å²) >= 11 is 6.31. The summed E-state index contributed by atoms with van der Waals surface area (Å²) in [6, 6.07) is 11.1. The van der Waals surface area contributed by atoms with E-state index < -0.39 is 17.4 Å². The van der Waals surface area contributed by atoms with Crippen LogP contribution in [-0.2, 0) is 19.9 Å². The molecule has 4 aliphatic rings. The van der Waals surface area contributed by atoms with Gasteiger partial charge in [0.15, 0.2) is 0 Å².